The van der Waals surface area contributed by atoms with Crippen molar-refractivity contribution in [2.45, 2.75) is 25.1 Å². The van der Waals surface area contributed by atoms with Crippen LogP contribution in [-0.2, 0) is 0 Å². The molecule has 62 valence electrons. The predicted molar refractivity (Wildman–Crippen MR) is 53.2 cm³/mol. The summed E-state index contributed by atoms with van der Waals surface area (Å²) in [6.45, 7) is 4.44. The Kier molecular flexibility index (Phi) is 3.52. The SMILES string of the molecule is CCC(C)C(Br)c1nccs1. The third kappa shape index (κ3) is 2.27. The van der Waals surface area contributed by atoms with Gasteiger partial charge in [0.1, 0.15) is 5.01 Å². The Morgan fingerprint density at radius 2 is 2.45 bits per heavy atom. The lowest BCUT2D eigenvalue weighted by Gasteiger charge is -2.12. The zero-order chi connectivity index (χ0) is 8.27. The molecule has 0 spiro atoms. The van der Waals surface area contributed by atoms with Crippen molar-refractivity contribution in [2.24, 2.45) is 5.92 Å². The fourth-order valence-electron chi connectivity index (χ4n) is 0.821. The smallest absolute Gasteiger partial charge is 0.106 e. The number of hydrogen-bond donors (Lipinski definition) is 0. The van der Waals surface area contributed by atoms with Crippen LogP contribution in [0.4, 0.5) is 0 Å². The van der Waals surface area contributed by atoms with Gasteiger partial charge in [-0.1, -0.05) is 36.2 Å². The van der Waals surface area contributed by atoms with Crippen LogP contribution >= 0.6 is 27.3 Å². The van der Waals surface area contributed by atoms with Gasteiger partial charge in [0.2, 0.25) is 0 Å². The van der Waals surface area contributed by atoms with E-state index in [1.54, 1.807) is 11.3 Å². The molecule has 0 radical (unpaired) electrons. The summed E-state index contributed by atoms with van der Waals surface area (Å²) < 4.78 is 0. The average molecular weight is 234 g/mol. The molecule has 0 fully saturated rings. The van der Waals surface area contributed by atoms with Gasteiger partial charge in [-0.2, -0.15) is 0 Å². The van der Waals surface area contributed by atoms with Gasteiger partial charge in [-0.3, -0.25) is 0 Å². The monoisotopic (exact) mass is 233 g/mol. The Morgan fingerprint density at radius 1 is 1.73 bits per heavy atom. The lowest BCUT2D eigenvalue weighted by Crippen LogP contribution is -2.00. The van der Waals surface area contributed by atoms with Gasteiger partial charge in [0.25, 0.3) is 0 Å². The van der Waals surface area contributed by atoms with E-state index in [1.165, 1.54) is 11.4 Å². The Morgan fingerprint density at radius 3 is 2.91 bits per heavy atom. The Labute approximate surface area is 80.0 Å². The number of aromatic nitrogens is 1. The van der Waals surface area contributed by atoms with Crippen LogP contribution in [0.1, 0.15) is 30.1 Å². The molecule has 3 heteroatoms. The molecule has 0 saturated carbocycles. The zero-order valence-electron chi connectivity index (χ0n) is 6.75. The minimum absolute atomic E-state index is 0.437. The van der Waals surface area contributed by atoms with E-state index in [-0.39, 0.29) is 0 Å². The van der Waals surface area contributed by atoms with Crippen molar-refractivity contribution in [2.75, 3.05) is 0 Å². The molecule has 0 saturated heterocycles. The summed E-state index contributed by atoms with van der Waals surface area (Å²) in [5.41, 5.74) is 0. The molecule has 1 aromatic heterocycles. The molecule has 0 aliphatic rings. The molecule has 1 aromatic rings. The van der Waals surface area contributed by atoms with Crippen molar-refractivity contribution in [3.63, 3.8) is 0 Å². The van der Waals surface area contributed by atoms with E-state index in [4.69, 9.17) is 0 Å². The first kappa shape index (κ1) is 9.20. The highest BCUT2D eigenvalue weighted by Gasteiger charge is 2.15. The van der Waals surface area contributed by atoms with Gasteiger partial charge in [-0.25, -0.2) is 4.98 Å². The lowest BCUT2D eigenvalue weighted by atomic mass is 10.1. The summed E-state index contributed by atoms with van der Waals surface area (Å²) >= 11 is 5.36. The first-order valence-electron chi connectivity index (χ1n) is 3.79. The Bertz CT molecular complexity index is 198. The van der Waals surface area contributed by atoms with Gasteiger partial charge in [0.15, 0.2) is 0 Å². The third-order valence-corrected chi connectivity index (χ3v) is 4.33. The van der Waals surface area contributed by atoms with E-state index in [0.717, 1.165) is 0 Å². The molecule has 0 N–H and O–H groups in total. The van der Waals surface area contributed by atoms with Crippen LogP contribution in [0.15, 0.2) is 11.6 Å². The van der Waals surface area contributed by atoms with Crippen molar-refractivity contribution in [3.05, 3.63) is 16.6 Å². The zero-order valence-corrected chi connectivity index (χ0v) is 9.15. The second-order valence-electron chi connectivity index (χ2n) is 2.66. The maximum atomic E-state index is 4.26. The van der Waals surface area contributed by atoms with Crippen molar-refractivity contribution in [1.82, 2.24) is 4.98 Å². The summed E-state index contributed by atoms with van der Waals surface area (Å²) in [6.07, 6.45) is 3.05. The minimum Gasteiger partial charge on any atom is -0.248 e. The molecule has 11 heavy (non-hydrogen) atoms. The Hall–Kier alpha value is 0.110. The molecule has 0 amide bonds. The number of hydrogen-bond acceptors (Lipinski definition) is 2. The minimum atomic E-state index is 0.437. The number of thiazole rings is 1. The number of alkyl halides is 1. The fourth-order valence-corrected chi connectivity index (χ4v) is 2.38. The van der Waals surface area contributed by atoms with Crippen molar-refractivity contribution < 1.29 is 0 Å². The van der Waals surface area contributed by atoms with E-state index in [2.05, 4.69) is 34.8 Å². The first-order chi connectivity index (χ1) is 5.25. The van der Waals surface area contributed by atoms with Gasteiger partial charge < -0.3 is 0 Å². The summed E-state index contributed by atoms with van der Waals surface area (Å²) in [6, 6.07) is 0. The molecule has 1 heterocycles. The molecule has 1 rings (SSSR count). The topological polar surface area (TPSA) is 12.9 Å². The predicted octanol–water partition coefficient (Wildman–Crippen LogP) is 3.63. The molecule has 2 atom stereocenters. The van der Waals surface area contributed by atoms with Gasteiger partial charge in [0, 0.05) is 11.6 Å². The first-order valence-corrected chi connectivity index (χ1v) is 5.58. The largest absolute Gasteiger partial charge is 0.248 e. The highest BCUT2D eigenvalue weighted by atomic mass is 79.9. The molecule has 0 aromatic carbocycles. The molecule has 0 bridgehead atoms. The molecule has 2 unspecified atom stereocenters. The Balaban J connectivity index is 2.62. The van der Waals surface area contributed by atoms with E-state index in [1.807, 2.05) is 11.6 Å². The highest BCUT2D eigenvalue weighted by Crippen LogP contribution is 2.33. The maximum Gasteiger partial charge on any atom is 0.106 e. The summed E-state index contributed by atoms with van der Waals surface area (Å²) in [5, 5.41) is 3.21. The standard InChI is InChI=1S/C8H12BrNS/c1-3-6(2)7(9)8-10-4-5-11-8/h4-7H,3H2,1-2H3. The number of halogens is 1. The maximum absolute atomic E-state index is 4.26. The van der Waals surface area contributed by atoms with Gasteiger partial charge in [0.05, 0.1) is 4.83 Å². The van der Waals surface area contributed by atoms with Gasteiger partial charge in [-0.15, -0.1) is 11.3 Å². The molecular weight excluding hydrogens is 222 g/mol. The quantitative estimate of drug-likeness (QED) is 0.728. The van der Waals surface area contributed by atoms with Crippen molar-refractivity contribution >= 4 is 27.3 Å². The van der Waals surface area contributed by atoms with Gasteiger partial charge in [-0.05, 0) is 5.92 Å². The van der Waals surface area contributed by atoms with Gasteiger partial charge >= 0.3 is 0 Å². The summed E-state index contributed by atoms with van der Waals surface area (Å²) in [7, 11) is 0. The van der Waals surface area contributed by atoms with Crippen LogP contribution in [0.5, 0.6) is 0 Å². The van der Waals surface area contributed by atoms with E-state index >= 15 is 0 Å². The van der Waals surface area contributed by atoms with Crippen LogP contribution in [0.25, 0.3) is 0 Å². The van der Waals surface area contributed by atoms with E-state index < -0.39 is 0 Å². The van der Waals surface area contributed by atoms with Crippen LogP contribution in [0, 0.1) is 5.92 Å². The lowest BCUT2D eigenvalue weighted by molar-refractivity contribution is 0.554. The molecular formula is C8H12BrNS. The number of nitrogens with zero attached hydrogens (tertiary/aromatic N) is 1. The molecule has 0 aliphatic carbocycles. The summed E-state index contributed by atoms with van der Waals surface area (Å²) in [5.74, 6) is 0.668. The second-order valence-corrected chi connectivity index (χ2v) is 4.57. The van der Waals surface area contributed by atoms with Crippen LogP contribution in [0.3, 0.4) is 0 Å². The molecule has 0 aliphatic heterocycles. The summed E-state index contributed by atoms with van der Waals surface area (Å²) in [4.78, 5) is 4.69. The van der Waals surface area contributed by atoms with Crippen LogP contribution in [-0.4, -0.2) is 4.98 Å². The fraction of sp³-hybridized carbons (Fsp3) is 0.625. The van der Waals surface area contributed by atoms with Crippen LogP contribution < -0.4 is 0 Å². The second kappa shape index (κ2) is 4.21. The third-order valence-electron chi connectivity index (χ3n) is 1.83. The number of rotatable bonds is 3. The normalized spacial score (nSPS) is 16.3. The van der Waals surface area contributed by atoms with E-state index in [0.29, 0.717) is 10.7 Å². The molecule has 1 nitrogen and oxygen atoms in total. The van der Waals surface area contributed by atoms with Crippen LogP contribution in [0.2, 0.25) is 0 Å². The highest BCUT2D eigenvalue weighted by molar-refractivity contribution is 9.09. The van der Waals surface area contributed by atoms with Crippen molar-refractivity contribution in [1.29, 1.82) is 0 Å². The van der Waals surface area contributed by atoms with E-state index in [9.17, 15) is 0 Å². The van der Waals surface area contributed by atoms with Crippen molar-refractivity contribution in [3.8, 4) is 0 Å². The average Bonchev–Trinajstić information content (AvgIpc) is 2.53.